The largest absolute Gasteiger partial charge is 0.462 e. The molecule has 0 bridgehead atoms. The van der Waals surface area contributed by atoms with Gasteiger partial charge in [-0.15, -0.1) is 0 Å². The van der Waals surface area contributed by atoms with E-state index < -0.39 is 18.2 Å². The van der Waals surface area contributed by atoms with Crippen molar-refractivity contribution in [2.75, 3.05) is 13.2 Å². The minimum absolute atomic E-state index is 0.109. The zero-order valence-corrected chi connectivity index (χ0v) is 19.7. The predicted octanol–water partition coefficient (Wildman–Crippen LogP) is 5.79. The van der Waals surface area contributed by atoms with Gasteiger partial charge in [-0.05, 0) is 37.5 Å². The van der Waals surface area contributed by atoms with Crippen molar-refractivity contribution in [1.29, 1.82) is 0 Å². The summed E-state index contributed by atoms with van der Waals surface area (Å²) in [7, 11) is 0. The zero-order chi connectivity index (χ0) is 23.4. The molecule has 0 aromatic heterocycles. The van der Waals surface area contributed by atoms with Gasteiger partial charge in [0, 0.05) is 13.0 Å². The molecule has 0 aliphatic rings. The van der Waals surface area contributed by atoms with Crippen LogP contribution in [-0.4, -0.2) is 41.7 Å². The first kappa shape index (κ1) is 28.1. The van der Waals surface area contributed by atoms with Gasteiger partial charge >= 0.3 is 11.9 Å². The molecule has 0 aliphatic heterocycles. The van der Waals surface area contributed by atoms with Gasteiger partial charge in [-0.3, -0.25) is 0 Å². The summed E-state index contributed by atoms with van der Waals surface area (Å²) in [6.07, 6.45) is 13.3. The first-order valence-corrected chi connectivity index (χ1v) is 12.4. The SMILES string of the molecule is CCCCCCCCCCCCOC(=O)c1cccc(C(=O)OC(O)CCCCCO)c1. The maximum Gasteiger partial charge on any atom is 0.340 e. The number of aliphatic hydroxyl groups is 2. The van der Waals surface area contributed by atoms with Crippen LogP contribution in [0.25, 0.3) is 0 Å². The minimum Gasteiger partial charge on any atom is -0.462 e. The Morgan fingerprint density at radius 2 is 1.38 bits per heavy atom. The molecule has 0 amide bonds. The maximum absolute atomic E-state index is 12.3. The second kappa shape index (κ2) is 18.6. The number of hydrogen-bond acceptors (Lipinski definition) is 6. The Hall–Kier alpha value is -1.92. The van der Waals surface area contributed by atoms with E-state index in [1.807, 2.05) is 0 Å². The summed E-state index contributed by atoms with van der Waals surface area (Å²) in [5.74, 6) is -1.14. The van der Waals surface area contributed by atoms with Crippen molar-refractivity contribution in [3.8, 4) is 0 Å². The van der Waals surface area contributed by atoms with E-state index in [-0.39, 0.29) is 12.2 Å². The third-order valence-electron chi connectivity index (χ3n) is 5.42. The van der Waals surface area contributed by atoms with Crippen LogP contribution in [0.4, 0.5) is 0 Å². The number of ether oxygens (including phenoxy) is 2. The van der Waals surface area contributed by atoms with Gasteiger partial charge in [0.2, 0.25) is 6.29 Å². The average Bonchev–Trinajstić information content (AvgIpc) is 2.80. The van der Waals surface area contributed by atoms with E-state index in [2.05, 4.69) is 6.92 Å². The smallest absolute Gasteiger partial charge is 0.340 e. The van der Waals surface area contributed by atoms with E-state index in [1.165, 1.54) is 51.0 Å². The molecule has 0 spiro atoms. The standard InChI is InChI=1S/C26H42O6/c1-2-3-4-5-6-7-8-9-10-14-20-31-25(29)22-16-15-17-23(21-22)26(30)32-24(28)18-12-11-13-19-27/h15-17,21,24,27-28H,2-14,18-20H2,1H3. The lowest BCUT2D eigenvalue weighted by Gasteiger charge is -2.12. The van der Waals surface area contributed by atoms with Crippen molar-refractivity contribution in [3.05, 3.63) is 35.4 Å². The van der Waals surface area contributed by atoms with E-state index >= 15 is 0 Å². The Kier molecular flexibility index (Phi) is 16.4. The van der Waals surface area contributed by atoms with Crippen LogP contribution in [0.5, 0.6) is 0 Å². The second-order valence-electron chi connectivity index (χ2n) is 8.33. The monoisotopic (exact) mass is 450 g/mol. The van der Waals surface area contributed by atoms with Crippen LogP contribution < -0.4 is 0 Å². The molecule has 0 saturated heterocycles. The molecule has 0 radical (unpaired) electrons. The third kappa shape index (κ3) is 13.5. The van der Waals surface area contributed by atoms with Crippen molar-refractivity contribution >= 4 is 11.9 Å². The van der Waals surface area contributed by atoms with E-state index in [9.17, 15) is 14.7 Å². The summed E-state index contributed by atoms with van der Waals surface area (Å²) in [4.78, 5) is 24.5. The lowest BCUT2D eigenvalue weighted by atomic mass is 10.1. The van der Waals surface area contributed by atoms with E-state index in [4.69, 9.17) is 14.6 Å². The number of carbonyl (C=O) groups is 2. The molecular formula is C26H42O6. The van der Waals surface area contributed by atoms with E-state index in [1.54, 1.807) is 18.2 Å². The van der Waals surface area contributed by atoms with Gasteiger partial charge in [0.1, 0.15) is 0 Å². The van der Waals surface area contributed by atoms with Crippen LogP contribution in [0.2, 0.25) is 0 Å². The number of unbranched alkanes of at least 4 members (excludes halogenated alkanes) is 11. The summed E-state index contributed by atoms with van der Waals surface area (Å²) in [5.41, 5.74) is 0.497. The van der Waals surface area contributed by atoms with Gasteiger partial charge in [-0.25, -0.2) is 9.59 Å². The summed E-state index contributed by atoms with van der Waals surface area (Å²) in [5, 5.41) is 18.6. The Labute approximate surface area is 193 Å². The third-order valence-corrected chi connectivity index (χ3v) is 5.42. The summed E-state index contributed by atoms with van der Waals surface area (Å²) in [6.45, 7) is 2.71. The molecule has 6 nitrogen and oxygen atoms in total. The quantitative estimate of drug-likeness (QED) is 0.157. The van der Waals surface area contributed by atoms with Crippen LogP contribution >= 0.6 is 0 Å². The minimum atomic E-state index is -1.20. The number of esters is 2. The molecule has 0 fully saturated rings. The Morgan fingerprint density at radius 1 is 0.812 bits per heavy atom. The van der Waals surface area contributed by atoms with E-state index in [0.717, 1.165) is 25.7 Å². The van der Waals surface area contributed by atoms with Crippen molar-refractivity contribution < 1.29 is 29.3 Å². The molecule has 0 saturated carbocycles. The van der Waals surface area contributed by atoms with Crippen molar-refractivity contribution in [2.24, 2.45) is 0 Å². The first-order valence-electron chi connectivity index (χ1n) is 12.4. The van der Waals surface area contributed by atoms with Gasteiger partial charge in [0.15, 0.2) is 0 Å². The molecule has 6 heteroatoms. The molecular weight excluding hydrogens is 408 g/mol. The van der Waals surface area contributed by atoms with Gasteiger partial charge in [0.05, 0.1) is 17.7 Å². The Morgan fingerprint density at radius 3 is 2.00 bits per heavy atom. The fourth-order valence-corrected chi connectivity index (χ4v) is 3.47. The van der Waals surface area contributed by atoms with Gasteiger partial charge in [-0.1, -0.05) is 77.2 Å². The molecule has 32 heavy (non-hydrogen) atoms. The number of hydrogen-bond donors (Lipinski definition) is 2. The molecule has 0 aliphatic carbocycles. The van der Waals surface area contributed by atoms with E-state index in [0.29, 0.717) is 31.4 Å². The predicted molar refractivity (Wildman–Crippen MR) is 126 cm³/mol. The lowest BCUT2D eigenvalue weighted by Crippen LogP contribution is -2.18. The number of carbonyl (C=O) groups excluding carboxylic acids is 2. The lowest BCUT2D eigenvalue weighted by molar-refractivity contribution is -0.0695. The number of aliphatic hydroxyl groups excluding tert-OH is 2. The topological polar surface area (TPSA) is 93.1 Å². The second-order valence-corrected chi connectivity index (χ2v) is 8.33. The fraction of sp³-hybridized carbons (Fsp3) is 0.692. The normalized spacial score (nSPS) is 11.8. The average molecular weight is 451 g/mol. The molecule has 1 atom stereocenters. The molecule has 1 unspecified atom stereocenters. The fourth-order valence-electron chi connectivity index (χ4n) is 3.47. The van der Waals surface area contributed by atoms with Crippen LogP contribution in [0.1, 0.15) is 118 Å². The molecule has 1 aromatic rings. The summed E-state index contributed by atoms with van der Waals surface area (Å²) < 4.78 is 10.4. The van der Waals surface area contributed by atoms with Crippen LogP contribution in [0.3, 0.4) is 0 Å². The van der Waals surface area contributed by atoms with Crippen molar-refractivity contribution in [3.63, 3.8) is 0 Å². The molecule has 2 N–H and O–H groups in total. The van der Waals surface area contributed by atoms with Crippen LogP contribution in [0.15, 0.2) is 24.3 Å². The Bertz CT molecular complexity index is 630. The highest BCUT2D eigenvalue weighted by molar-refractivity contribution is 5.95. The summed E-state index contributed by atoms with van der Waals surface area (Å²) >= 11 is 0. The van der Waals surface area contributed by atoms with Crippen molar-refractivity contribution in [1.82, 2.24) is 0 Å². The van der Waals surface area contributed by atoms with Gasteiger partial charge < -0.3 is 19.7 Å². The van der Waals surface area contributed by atoms with Crippen molar-refractivity contribution in [2.45, 2.75) is 103 Å². The summed E-state index contributed by atoms with van der Waals surface area (Å²) in [6, 6.07) is 6.17. The molecule has 1 rings (SSSR count). The highest BCUT2D eigenvalue weighted by atomic mass is 16.6. The van der Waals surface area contributed by atoms with Crippen LogP contribution in [-0.2, 0) is 9.47 Å². The first-order chi connectivity index (χ1) is 15.6. The van der Waals surface area contributed by atoms with Gasteiger partial charge in [0.25, 0.3) is 0 Å². The number of rotatable bonds is 19. The zero-order valence-electron chi connectivity index (χ0n) is 19.7. The molecule has 182 valence electrons. The molecule has 1 aromatic carbocycles. The highest BCUT2D eigenvalue weighted by Crippen LogP contribution is 2.13. The maximum atomic E-state index is 12.3. The number of benzene rings is 1. The van der Waals surface area contributed by atoms with Gasteiger partial charge in [-0.2, -0.15) is 0 Å². The highest BCUT2D eigenvalue weighted by Gasteiger charge is 2.16. The Balaban J connectivity index is 2.23. The molecule has 0 heterocycles. The van der Waals surface area contributed by atoms with Crippen LogP contribution in [0, 0.1) is 0 Å².